The van der Waals surface area contributed by atoms with Gasteiger partial charge < -0.3 is 5.10 Å². The molecule has 6 heteroatoms. The van der Waals surface area contributed by atoms with Gasteiger partial charge in [-0.2, -0.15) is 0 Å². The third kappa shape index (κ3) is 3.45. The van der Waals surface area contributed by atoms with E-state index in [0.29, 0.717) is 10.8 Å². The van der Waals surface area contributed by atoms with Crippen LogP contribution >= 0.6 is 0 Å². The van der Waals surface area contributed by atoms with E-state index in [1.165, 1.54) is 0 Å². The lowest BCUT2D eigenvalue weighted by Gasteiger charge is -1.96. The van der Waals surface area contributed by atoms with Gasteiger partial charge in [0.25, 0.3) is 11.1 Å². The summed E-state index contributed by atoms with van der Waals surface area (Å²) in [6, 6.07) is 0. The second-order valence-electron chi connectivity index (χ2n) is 5.12. The number of aryl methyl sites for hydroxylation is 1. The van der Waals surface area contributed by atoms with Crippen molar-refractivity contribution in [2.45, 2.75) is 46.0 Å². The summed E-state index contributed by atoms with van der Waals surface area (Å²) in [4.78, 5) is 23.8. The van der Waals surface area contributed by atoms with Crippen LogP contribution in [0, 0.1) is 0 Å². The Hall–Kier alpha value is -2.24. The molecule has 6 nitrogen and oxygen atoms in total. The Morgan fingerprint density at radius 3 is 2.43 bits per heavy atom. The van der Waals surface area contributed by atoms with E-state index in [2.05, 4.69) is 34.2 Å². The Morgan fingerprint density at radius 2 is 1.71 bits per heavy atom. The van der Waals surface area contributed by atoms with Gasteiger partial charge in [0.05, 0.1) is 16.1 Å². The van der Waals surface area contributed by atoms with E-state index in [4.69, 9.17) is 0 Å². The fourth-order valence-corrected chi connectivity index (χ4v) is 2.23. The van der Waals surface area contributed by atoms with E-state index in [1.807, 2.05) is 6.08 Å². The predicted molar refractivity (Wildman–Crippen MR) is 83.6 cm³/mol. The SMILES string of the molecule is CCCC=c1[nH][nH]c(=O)c1=Cc1c(CCCC)[nH][nH]c1=O. The van der Waals surface area contributed by atoms with E-state index in [0.717, 1.165) is 43.1 Å². The van der Waals surface area contributed by atoms with Gasteiger partial charge in [-0.15, -0.1) is 0 Å². The quantitative estimate of drug-likeness (QED) is 0.622. The van der Waals surface area contributed by atoms with E-state index in [1.54, 1.807) is 6.08 Å². The van der Waals surface area contributed by atoms with Crippen molar-refractivity contribution in [3.63, 3.8) is 0 Å². The third-order valence-corrected chi connectivity index (χ3v) is 3.45. The fraction of sp³-hybridized carbons (Fsp3) is 0.467. The van der Waals surface area contributed by atoms with Gasteiger partial charge in [-0.3, -0.25) is 24.9 Å². The van der Waals surface area contributed by atoms with Gasteiger partial charge in [0, 0.05) is 5.69 Å². The Morgan fingerprint density at radius 1 is 0.952 bits per heavy atom. The average molecular weight is 290 g/mol. The molecule has 2 heterocycles. The van der Waals surface area contributed by atoms with Crippen LogP contribution in [0.3, 0.4) is 0 Å². The Bertz CT molecular complexity index is 804. The highest BCUT2D eigenvalue weighted by atomic mass is 16.1. The first kappa shape index (κ1) is 15.2. The monoisotopic (exact) mass is 290 g/mol. The molecule has 0 radical (unpaired) electrons. The van der Waals surface area contributed by atoms with E-state index < -0.39 is 0 Å². The number of aromatic nitrogens is 4. The summed E-state index contributed by atoms with van der Waals surface area (Å²) in [7, 11) is 0. The summed E-state index contributed by atoms with van der Waals surface area (Å²) < 4.78 is 0. The van der Waals surface area contributed by atoms with Crippen molar-refractivity contribution in [3.05, 3.63) is 42.5 Å². The first-order valence-corrected chi connectivity index (χ1v) is 7.45. The van der Waals surface area contributed by atoms with Crippen molar-refractivity contribution < 1.29 is 0 Å². The molecular weight excluding hydrogens is 268 g/mol. The van der Waals surface area contributed by atoms with Crippen LogP contribution in [0.1, 0.15) is 50.8 Å². The van der Waals surface area contributed by atoms with Crippen LogP contribution in [0.5, 0.6) is 0 Å². The van der Waals surface area contributed by atoms with Crippen LogP contribution in [-0.2, 0) is 6.42 Å². The Balaban J connectivity index is 2.55. The number of hydrogen-bond acceptors (Lipinski definition) is 2. The third-order valence-electron chi connectivity index (χ3n) is 3.45. The number of nitrogens with one attached hydrogen (secondary N) is 4. The highest BCUT2D eigenvalue weighted by Crippen LogP contribution is 2.05. The van der Waals surface area contributed by atoms with Crippen molar-refractivity contribution in [2.24, 2.45) is 0 Å². The number of unbranched alkanes of at least 4 members (excludes halogenated alkanes) is 2. The predicted octanol–water partition coefficient (Wildman–Crippen LogP) is 0.471. The molecule has 0 unspecified atom stereocenters. The largest absolute Gasteiger partial charge is 0.302 e. The Kier molecular flexibility index (Phi) is 5.03. The minimum atomic E-state index is -0.209. The van der Waals surface area contributed by atoms with Gasteiger partial charge >= 0.3 is 0 Å². The first-order valence-electron chi connectivity index (χ1n) is 7.45. The molecule has 2 aromatic heterocycles. The summed E-state index contributed by atoms with van der Waals surface area (Å²) in [6.07, 6.45) is 8.34. The van der Waals surface area contributed by atoms with Crippen LogP contribution in [-0.4, -0.2) is 20.4 Å². The summed E-state index contributed by atoms with van der Waals surface area (Å²) in [6.45, 7) is 4.17. The molecule has 0 bridgehead atoms. The lowest BCUT2D eigenvalue weighted by molar-refractivity contribution is 0.771. The molecule has 2 aromatic rings. The molecule has 114 valence electrons. The first-order chi connectivity index (χ1) is 10.2. The van der Waals surface area contributed by atoms with Crippen molar-refractivity contribution in [1.82, 2.24) is 20.4 Å². The van der Waals surface area contributed by atoms with E-state index in [9.17, 15) is 9.59 Å². The maximum absolute atomic E-state index is 11.9. The van der Waals surface area contributed by atoms with Crippen molar-refractivity contribution in [2.75, 3.05) is 0 Å². The van der Waals surface area contributed by atoms with Crippen molar-refractivity contribution in [1.29, 1.82) is 0 Å². The molecule has 4 N–H and O–H groups in total. The Labute approximate surface area is 122 Å². The van der Waals surface area contributed by atoms with E-state index >= 15 is 0 Å². The molecule has 21 heavy (non-hydrogen) atoms. The van der Waals surface area contributed by atoms with E-state index in [-0.39, 0.29) is 11.1 Å². The summed E-state index contributed by atoms with van der Waals surface area (Å²) in [5.74, 6) is 0. The van der Waals surface area contributed by atoms with Crippen LogP contribution < -0.4 is 21.7 Å². The standard InChI is InChI=1S/C15H22N4O2/c1-3-5-7-12-10(14(20)18-16-12)9-11-13(8-6-4-2)17-19-15(11)21/h7,9,16H,3-6,8H2,1-2H3,(H,18,20)(H2,17,19,21). The van der Waals surface area contributed by atoms with Crippen molar-refractivity contribution in [3.8, 4) is 0 Å². The van der Waals surface area contributed by atoms with Crippen LogP contribution in [0.15, 0.2) is 9.59 Å². The maximum atomic E-state index is 11.9. The fourth-order valence-electron chi connectivity index (χ4n) is 2.23. The minimum absolute atomic E-state index is 0.192. The zero-order valence-corrected chi connectivity index (χ0v) is 12.5. The molecule has 0 aliphatic heterocycles. The van der Waals surface area contributed by atoms with Crippen molar-refractivity contribution >= 4 is 12.2 Å². The zero-order valence-electron chi connectivity index (χ0n) is 12.5. The zero-order chi connectivity index (χ0) is 15.2. The highest BCUT2D eigenvalue weighted by molar-refractivity contribution is 5.51. The number of H-pyrrole nitrogens is 4. The molecule has 0 aliphatic rings. The number of aromatic amines is 4. The molecule has 0 atom stereocenters. The molecule has 0 fully saturated rings. The normalized spacial score (nSPS) is 13.2. The molecular formula is C15H22N4O2. The van der Waals surface area contributed by atoms with Gasteiger partial charge in [0.15, 0.2) is 0 Å². The molecule has 0 spiro atoms. The molecule has 0 amide bonds. The highest BCUT2D eigenvalue weighted by Gasteiger charge is 2.07. The summed E-state index contributed by atoms with van der Waals surface area (Å²) in [5, 5.41) is 12.2. The van der Waals surface area contributed by atoms with Gasteiger partial charge in [-0.05, 0) is 25.3 Å². The average Bonchev–Trinajstić information content (AvgIpc) is 3.00. The summed E-state index contributed by atoms with van der Waals surface area (Å²) >= 11 is 0. The maximum Gasteiger partial charge on any atom is 0.271 e. The van der Waals surface area contributed by atoms with Gasteiger partial charge in [-0.1, -0.05) is 32.8 Å². The molecule has 0 aromatic carbocycles. The second kappa shape index (κ2) is 6.97. The number of rotatable bonds is 6. The lowest BCUT2D eigenvalue weighted by atomic mass is 10.1. The molecule has 0 saturated heterocycles. The lowest BCUT2D eigenvalue weighted by Crippen LogP contribution is -2.33. The van der Waals surface area contributed by atoms with Crippen LogP contribution in [0.25, 0.3) is 12.2 Å². The smallest absolute Gasteiger partial charge is 0.271 e. The minimum Gasteiger partial charge on any atom is -0.302 e. The molecule has 2 rings (SSSR count). The topological polar surface area (TPSA) is 97.3 Å². The van der Waals surface area contributed by atoms with Gasteiger partial charge in [-0.25, -0.2) is 0 Å². The van der Waals surface area contributed by atoms with Gasteiger partial charge in [0.1, 0.15) is 0 Å². The van der Waals surface area contributed by atoms with Crippen LogP contribution in [0.4, 0.5) is 0 Å². The van der Waals surface area contributed by atoms with Crippen LogP contribution in [0.2, 0.25) is 0 Å². The number of hydrogen-bond donors (Lipinski definition) is 4. The summed E-state index contributed by atoms with van der Waals surface area (Å²) in [5.41, 5.74) is 0.992. The second-order valence-corrected chi connectivity index (χ2v) is 5.12. The molecule has 0 saturated carbocycles. The van der Waals surface area contributed by atoms with Gasteiger partial charge in [0.2, 0.25) is 0 Å². The molecule has 0 aliphatic carbocycles.